The van der Waals surface area contributed by atoms with Crippen molar-refractivity contribution < 1.29 is 4.39 Å². The van der Waals surface area contributed by atoms with E-state index in [1.54, 1.807) is 0 Å². The van der Waals surface area contributed by atoms with Crippen LogP contribution in [0.1, 0.15) is 38.5 Å². The van der Waals surface area contributed by atoms with E-state index in [1.807, 2.05) is 0 Å². The molecule has 17 heavy (non-hydrogen) atoms. The Morgan fingerprint density at radius 2 is 1.53 bits per heavy atom. The summed E-state index contributed by atoms with van der Waals surface area (Å²) in [6.07, 6.45) is 7.31. The molecule has 4 heteroatoms. The van der Waals surface area contributed by atoms with Crippen molar-refractivity contribution >= 4 is 28.9 Å². The Kier molecular flexibility index (Phi) is 4.52. The molecule has 0 radical (unpaired) electrons. The molecule has 0 saturated heterocycles. The molecule has 0 heterocycles. The number of anilines is 1. The van der Waals surface area contributed by atoms with Gasteiger partial charge in [-0.05, 0) is 25.0 Å². The van der Waals surface area contributed by atoms with Gasteiger partial charge in [0.2, 0.25) is 0 Å². The summed E-state index contributed by atoms with van der Waals surface area (Å²) in [4.78, 5) is 0. The molecule has 0 atom stereocenters. The summed E-state index contributed by atoms with van der Waals surface area (Å²) in [5.41, 5.74) is 0.668. The highest BCUT2D eigenvalue weighted by atomic mass is 35.5. The van der Waals surface area contributed by atoms with Gasteiger partial charge in [-0.3, -0.25) is 0 Å². The zero-order chi connectivity index (χ0) is 12.3. The second-order valence-corrected chi connectivity index (χ2v) is 5.39. The first-order valence-corrected chi connectivity index (χ1v) is 6.83. The van der Waals surface area contributed by atoms with Crippen molar-refractivity contribution in [3.63, 3.8) is 0 Å². The summed E-state index contributed by atoms with van der Waals surface area (Å²) in [6, 6.07) is 3.00. The second-order valence-electron chi connectivity index (χ2n) is 4.58. The number of hydrogen-bond donors (Lipinski definition) is 1. The van der Waals surface area contributed by atoms with Crippen LogP contribution in [0.4, 0.5) is 10.1 Å². The molecule has 1 aliphatic rings. The maximum atomic E-state index is 13.1. The van der Waals surface area contributed by atoms with Gasteiger partial charge in [-0.1, -0.05) is 48.9 Å². The van der Waals surface area contributed by atoms with Crippen LogP contribution in [-0.4, -0.2) is 6.04 Å². The average Bonchev–Trinajstić information content (AvgIpc) is 2.51. The van der Waals surface area contributed by atoms with Crippen LogP contribution in [0.25, 0.3) is 0 Å². The fraction of sp³-hybridized carbons (Fsp3) is 0.538. The molecule has 0 unspecified atom stereocenters. The van der Waals surface area contributed by atoms with Crippen molar-refractivity contribution in [3.8, 4) is 0 Å². The van der Waals surface area contributed by atoms with E-state index in [0.717, 1.165) is 12.8 Å². The molecular formula is C13H16Cl2FN. The first kappa shape index (κ1) is 13.0. The van der Waals surface area contributed by atoms with E-state index in [1.165, 1.54) is 37.8 Å². The van der Waals surface area contributed by atoms with Crippen molar-refractivity contribution in [3.05, 3.63) is 28.0 Å². The lowest BCUT2D eigenvalue weighted by molar-refractivity contribution is 0.616. The molecule has 1 aliphatic carbocycles. The third-order valence-electron chi connectivity index (χ3n) is 3.21. The summed E-state index contributed by atoms with van der Waals surface area (Å²) >= 11 is 12.0. The van der Waals surface area contributed by atoms with E-state index in [-0.39, 0.29) is 0 Å². The minimum absolute atomic E-state index is 0.360. The van der Waals surface area contributed by atoms with Crippen molar-refractivity contribution in [2.24, 2.45) is 0 Å². The minimum Gasteiger partial charge on any atom is -0.380 e. The molecule has 1 fully saturated rings. The molecule has 0 spiro atoms. The molecule has 0 aliphatic heterocycles. The molecule has 94 valence electrons. The Balaban J connectivity index is 2.11. The quantitative estimate of drug-likeness (QED) is 0.726. The molecule has 0 aromatic heterocycles. The lowest BCUT2D eigenvalue weighted by Gasteiger charge is -2.19. The first-order chi connectivity index (χ1) is 8.16. The molecular weight excluding hydrogens is 260 g/mol. The van der Waals surface area contributed by atoms with Crippen LogP contribution in [0.3, 0.4) is 0 Å². The SMILES string of the molecule is Fc1cc(Cl)c(NC2CCCCCC2)c(Cl)c1. The van der Waals surface area contributed by atoms with Crippen molar-refractivity contribution in [1.29, 1.82) is 0 Å². The van der Waals surface area contributed by atoms with Crippen LogP contribution >= 0.6 is 23.2 Å². The number of benzene rings is 1. The maximum Gasteiger partial charge on any atom is 0.126 e. The van der Waals surface area contributed by atoms with Gasteiger partial charge >= 0.3 is 0 Å². The average molecular weight is 276 g/mol. The normalized spacial score (nSPS) is 17.8. The summed E-state index contributed by atoms with van der Waals surface area (Å²) in [7, 11) is 0. The largest absolute Gasteiger partial charge is 0.380 e. The lowest BCUT2D eigenvalue weighted by Crippen LogP contribution is -2.18. The Bertz CT molecular complexity index is 364. The number of halogens is 3. The monoisotopic (exact) mass is 275 g/mol. The Labute approximate surface area is 111 Å². The van der Waals surface area contributed by atoms with E-state index in [4.69, 9.17) is 23.2 Å². The van der Waals surface area contributed by atoms with Crippen LogP contribution in [0.15, 0.2) is 12.1 Å². The smallest absolute Gasteiger partial charge is 0.126 e. The second kappa shape index (κ2) is 5.92. The van der Waals surface area contributed by atoms with Gasteiger partial charge in [0, 0.05) is 6.04 Å². The van der Waals surface area contributed by atoms with Crippen molar-refractivity contribution in [1.82, 2.24) is 0 Å². The van der Waals surface area contributed by atoms with Gasteiger partial charge in [0.25, 0.3) is 0 Å². The predicted molar refractivity (Wildman–Crippen MR) is 71.5 cm³/mol. The maximum absolute atomic E-state index is 13.1. The van der Waals surface area contributed by atoms with E-state index < -0.39 is 5.82 Å². The highest BCUT2D eigenvalue weighted by molar-refractivity contribution is 6.39. The lowest BCUT2D eigenvalue weighted by atomic mass is 10.1. The summed E-state index contributed by atoms with van der Waals surface area (Å²) in [5.74, 6) is -0.397. The van der Waals surface area contributed by atoms with Crippen molar-refractivity contribution in [2.75, 3.05) is 5.32 Å². The Morgan fingerprint density at radius 3 is 2.06 bits per heavy atom. The Morgan fingerprint density at radius 1 is 1.00 bits per heavy atom. The molecule has 1 aromatic carbocycles. The topological polar surface area (TPSA) is 12.0 Å². The zero-order valence-corrected chi connectivity index (χ0v) is 11.1. The van der Waals surface area contributed by atoms with Crippen LogP contribution in [0.2, 0.25) is 10.0 Å². The Hall–Kier alpha value is -0.470. The van der Waals surface area contributed by atoms with Crippen LogP contribution in [-0.2, 0) is 0 Å². The molecule has 1 aromatic rings. The van der Waals surface area contributed by atoms with Crippen LogP contribution in [0.5, 0.6) is 0 Å². The fourth-order valence-electron chi connectivity index (χ4n) is 2.31. The third-order valence-corrected chi connectivity index (χ3v) is 3.81. The first-order valence-electron chi connectivity index (χ1n) is 6.08. The highest BCUT2D eigenvalue weighted by Gasteiger charge is 2.15. The van der Waals surface area contributed by atoms with Gasteiger partial charge < -0.3 is 5.32 Å². The van der Waals surface area contributed by atoms with Gasteiger partial charge in [-0.25, -0.2) is 4.39 Å². The van der Waals surface area contributed by atoms with E-state index in [0.29, 0.717) is 21.8 Å². The third kappa shape index (κ3) is 3.49. The van der Waals surface area contributed by atoms with Gasteiger partial charge in [0.05, 0.1) is 15.7 Å². The molecule has 2 rings (SSSR count). The van der Waals surface area contributed by atoms with Gasteiger partial charge in [-0.2, -0.15) is 0 Å². The molecule has 1 N–H and O–H groups in total. The van der Waals surface area contributed by atoms with E-state index in [2.05, 4.69) is 5.32 Å². The minimum atomic E-state index is -0.397. The standard InChI is InChI=1S/C13H16Cl2FN/c14-11-7-9(16)8-12(15)13(11)17-10-5-3-1-2-4-6-10/h7-8,10,17H,1-6H2. The molecule has 1 nitrogen and oxygen atoms in total. The van der Waals surface area contributed by atoms with Gasteiger partial charge in [0.1, 0.15) is 5.82 Å². The van der Waals surface area contributed by atoms with Crippen molar-refractivity contribution in [2.45, 2.75) is 44.6 Å². The molecule has 0 amide bonds. The van der Waals surface area contributed by atoms with E-state index >= 15 is 0 Å². The fourth-order valence-corrected chi connectivity index (χ4v) is 2.88. The van der Waals surface area contributed by atoms with Gasteiger partial charge in [-0.15, -0.1) is 0 Å². The molecule has 1 saturated carbocycles. The van der Waals surface area contributed by atoms with Crippen LogP contribution < -0.4 is 5.32 Å². The predicted octanol–water partition coefficient (Wildman–Crippen LogP) is 5.27. The summed E-state index contributed by atoms with van der Waals surface area (Å²) in [6.45, 7) is 0. The number of nitrogens with one attached hydrogen (secondary N) is 1. The van der Waals surface area contributed by atoms with Gasteiger partial charge in [0.15, 0.2) is 0 Å². The zero-order valence-electron chi connectivity index (χ0n) is 9.61. The molecule has 0 bridgehead atoms. The number of hydrogen-bond acceptors (Lipinski definition) is 1. The number of rotatable bonds is 2. The summed E-state index contributed by atoms with van der Waals surface area (Å²) < 4.78 is 13.1. The highest BCUT2D eigenvalue weighted by Crippen LogP contribution is 2.33. The van der Waals surface area contributed by atoms with Crippen LogP contribution in [0, 0.1) is 5.82 Å². The summed E-state index contributed by atoms with van der Waals surface area (Å²) in [5, 5.41) is 4.07. The van der Waals surface area contributed by atoms with E-state index in [9.17, 15) is 4.39 Å².